The van der Waals surface area contributed by atoms with Crippen LogP contribution in [0.2, 0.25) is 0 Å². The first-order valence-corrected chi connectivity index (χ1v) is 18.9. The van der Waals surface area contributed by atoms with Crippen LogP contribution in [0.15, 0.2) is 200 Å². The molecule has 0 bridgehead atoms. The highest BCUT2D eigenvalue weighted by Crippen LogP contribution is 2.58. The summed E-state index contributed by atoms with van der Waals surface area (Å²) in [5.41, 5.74) is 16.0. The van der Waals surface area contributed by atoms with Crippen molar-refractivity contribution in [3.63, 3.8) is 0 Å². The van der Waals surface area contributed by atoms with Crippen molar-refractivity contribution in [3.05, 3.63) is 234 Å². The van der Waals surface area contributed by atoms with Gasteiger partial charge in [0.05, 0.1) is 11.1 Å². The topological polar surface area (TPSA) is 3.24 Å². The maximum absolute atomic E-state index is 2.51. The maximum atomic E-state index is 2.51. The average Bonchev–Trinajstić information content (AvgIpc) is 3.64. The molecule has 0 spiro atoms. The number of benzene rings is 7. The summed E-state index contributed by atoms with van der Waals surface area (Å²) < 4.78 is 0. The van der Waals surface area contributed by atoms with Gasteiger partial charge in [-0.05, 0) is 91.7 Å². The molecule has 10 rings (SSSR count). The Morgan fingerprint density at radius 2 is 1.00 bits per heavy atom. The van der Waals surface area contributed by atoms with E-state index in [1.807, 2.05) is 0 Å². The molecule has 3 aliphatic rings. The van der Waals surface area contributed by atoms with Crippen LogP contribution in [-0.4, -0.2) is 0 Å². The second-order valence-electron chi connectivity index (χ2n) is 15.3. The lowest BCUT2D eigenvalue weighted by atomic mass is 9.67. The summed E-state index contributed by atoms with van der Waals surface area (Å²) in [5.74, 6) is 0.846. The zero-order valence-corrected chi connectivity index (χ0v) is 30.2. The molecule has 3 aliphatic carbocycles. The third kappa shape index (κ3) is 4.70. The number of nitrogens with zero attached hydrogens (tertiary/aromatic N) is 1. The maximum Gasteiger partial charge on any atom is 0.0714 e. The van der Waals surface area contributed by atoms with Crippen LogP contribution in [0.4, 0.5) is 17.1 Å². The van der Waals surface area contributed by atoms with Crippen LogP contribution in [0.5, 0.6) is 0 Å². The van der Waals surface area contributed by atoms with Gasteiger partial charge in [0.1, 0.15) is 0 Å². The molecule has 0 aliphatic heterocycles. The first kappa shape index (κ1) is 31.5. The summed E-state index contributed by atoms with van der Waals surface area (Å²) in [5, 5.41) is 0. The van der Waals surface area contributed by atoms with Gasteiger partial charge >= 0.3 is 0 Å². The fraction of sp³-hybridized carbons (Fsp3) is 0.115. The summed E-state index contributed by atoms with van der Waals surface area (Å²) in [4.78, 5) is 2.51. The first-order valence-electron chi connectivity index (χ1n) is 18.9. The summed E-state index contributed by atoms with van der Waals surface area (Å²) in [6.07, 6.45) is 9.26. The monoisotopic (exact) mass is 679 g/mol. The number of hydrogen-bond acceptors (Lipinski definition) is 1. The highest BCUT2D eigenvalue weighted by atomic mass is 15.1. The largest absolute Gasteiger partial charge is 0.310 e. The zero-order chi connectivity index (χ0) is 35.6. The van der Waals surface area contributed by atoms with Crippen molar-refractivity contribution in [2.75, 3.05) is 4.90 Å². The molecule has 0 aromatic heterocycles. The van der Waals surface area contributed by atoms with E-state index < -0.39 is 5.41 Å². The molecule has 1 nitrogen and oxygen atoms in total. The Kier molecular flexibility index (Phi) is 7.27. The molecule has 254 valence electrons. The van der Waals surface area contributed by atoms with E-state index in [4.69, 9.17) is 0 Å². The standard InChI is InChI=1S/C52H41N/c1-51(2)46-27-15-12-25-42(46)44-32-30-39(34-48(44)51)53(50-29-17-14-24-41(50)36-18-6-3-7-19-36)40-31-33-45-43-26-13-16-28-47(43)52(49(45)35-40,37-20-8-4-9-21-37)38-22-10-5-11-23-38/h3-35,42,46H,1-2H3. The van der Waals surface area contributed by atoms with E-state index in [0.29, 0.717) is 11.8 Å². The minimum atomic E-state index is -0.483. The quantitative estimate of drug-likeness (QED) is 0.169. The lowest BCUT2D eigenvalue weighted by molar-refractivity contribution is 0.394. The van der Waals surface area contributed by atoms with Gasteiger partial charge in [-0.25, -0.2) is 0 Å². The Hall–Kier alpha value is -6.18. The minimum absolute atomic E-state index is 0.00274. The van der Waals surface area contributed by atoms with Crippen LogP contribution in [0.1, 0.15) is 53.1 Å². The van der Waals surface area contributed by atoms with Crippen LogP contribution < -0.4 is 4.90 Å². The smallest absolute Gasteiger partial charge is 0.0714 e. The van der Waals surface area contributed by atoms with E-state index in [-0.39, 0.29) is 5.41 Å². The van der Waals surface area contributed by atoms with Crippen molar-refractivity contribution in [2.24, 2.45) is 5.92 Å². The van der Waals surface area contributed by atoms with E-state index in [9.17, 15) is 0 Å². The van der Waals surface area contributed by atoms with Crippen LogP contribution in [0.25, 0.3) is 22.3 Å². The second kappa shape index (κ2) is 12.2. The highest BCUT2D eigenvalue weighted by molar-refractivity contribution is 5.92. The Bertz CT molecular complexity index is 2500. The minimum Gasteiger partial charge on any atom is -0.310 e. The fourth-order valence-electron chi connectivity index (χ4n) is 9.83. The molecule has 1 heteroatoms. The molecular weight excluding hydrogens is 639 g/mol. The van der Waals surface area contributed by atoms with Gasteiger partial charge in [-0.2, -0.15) is 0 Å². The molecule has 2 atom stereocenters. The van der Waals surface area contributed by atoms with Crippen molar-refractivity contribution in [2.45, 2.75) is 30.6 Å². The predicted octanol–water partition coefficient (Wildman–Crippen LogP) is 13.3. The SMILES string of the molecule is CC1(C)c2cc(N(c3ccc4c(c3)C(c3ccccc3)(c3ccccc3)c3ccccc3-4)c3ccccc3-c3ccccc3)ccc2C2C=CC=CC21. The summed E-state index contributed by atoms with van der Waals surface area (Å²) in [6.45, 7) is 4.85. The Morgan fingerprint density at radius 1 is 0.453 bits per heavy atom. The van der Waals surface area contributed by atoms with E-state index in [1.165, 1.54) is 61.3 Å². The predicted molar refractivity (Wildman–Crippen MR) is 221 cm³/mol. The number of fused-ring (bicyclic) bond motifs is 6. The van der Waals surface area contributed by atoms with E-state index >= 15 is 0 Å². The lowest BCUT2D eigenvalue weighted by Crippen LogP contribution is -2.28. The van der Waals surface area contributed by atoms with Gasteiger partial charge in [0.15, 0.2) is 0 Å². The van der Waals surface area contributed by atoms with Crippen LogP contribution >= 0.6 is 0 Å². The third-order valence-electron chi connectivity index (χ3n) is 12.2. The van der Waals surface area contributed by atoms with Gasteiger partial charge in [0.25, 0.3) is 0 Å². The van der Waals surface area contributed by atoms with E-state index in [1.54, 1.807) is 0 Å². The van der Waals surface area contributed by atoms with Crippen LogP contribution in [0.3, 0.4) is 0 Å². The first-order chi connectivity index (χ1) is 26.1. The van der Waals surface area contributed by atoms with Gasteiger partial charge in [0, 0.05) is 22.9 Å². The number of anilines is 3. The Morgan fingerprint density at radius 3 is 1.72 bits per heavy atom. The molecule has 0 saturated carbocycles. The number of hydrogen-bond donors (Lipinski definition) is 0. The molecule has 53 heavy (non-hydrogen) atoms. The normalized spacial score (nSPS) is 18.2. The second-order valence-corrected chi connectivity index (χ2v) is 15.3. The molecule has 0 amide bonds. The average molecular weight is 680 g/mol. The Labute approximate surface area is 313 Å². The molecule has 0 fully saturated rings. The van der Waals surface area contributed by atoms with Crippen LogP contribution in [-0.2, 0) is 10.8 Å². The van der Waals surface area contributed by atoms with Gasteiger partial charge in [-0.15, -0.1) is 0 Å². The molecule has 7 aromatic rings. The van der Waals surface area contributed by atoms with Gasteiger partial charge in [0.2, 0.25) is 0 Å². The number of para-hydroxylation sites is 1. The summed E-state index contributed by atoms with van der Waals surface area (Å²) in [6, 6.07) is 65.4. The van der Waals surface area contributed by atoms with Crippen LogP contribution in [0, 0.1) is 5.92 Å². The Balaban J connectivity index is 1.25. The van der Waals surface area contributed by atoms with Crippen molar-refractivity contribution >= 4 is 17.1 Å². The van der Waals surface area contributed by atoms with Gasteiger partial charge in [-0.3, -0.25) is 0 Å². The molecule has 0 saturated heterocycles. The fourth-order valence-corrected chi connectivity index (χ4v) is 9.83. The molecule has 0 radical (unpaired) electrons. The van der Waals surface area contributed by atoms with Crippen molar-refractivity contribution in [3.8, 4) is 22.3 Å². The summed E-state index contributed by atoms with van der Waals surface area (Å²) >= 11 is 0. The van der Waals surface area contributed by atoms with Crippen molar-refractivity contribution in [1.82, 2.24) is 0 Å². The van der Waals surface area contributed by atoms with E-state index in [2.05, 4.69) is 219 Å². The molecule has 0 heterocycles. The van der Waals surface area contributed by atoms with Crippen molar-refractivity contribution < 1.29 is 0 Å². The highest BCUT2D eigenvalue weighted by Gasteiger charge is 2.47. The third-order valence-corrected chi connectivity index (χ3v) is 12.2. The zero-order valence-electron chi connectivity index (χ0n) is 30.2. The molecule has 7 aromatic carbocycles. The summed E-state index contributed by atoms with van der Waals surface area (Å²) in [7, 11) is 0. The lowest BCUT2D eigenvalue weighted by Gasteiger charge is -2.35. The van der Waals surface area contributed by atoms with Gasteiger partial charge in [-0.1, -0.05) is 184 Å². The number of rotatable bonds is 6. The molecule has 0 N–H and O–H groups in total. The van der Waals surface area contributed by atoms with Gasteiger partial charge < -0.3 is 4.90 Å². The molecule has 2 unspecified atom stereocenters. The molecular formula is C52H41N. The van der Waals surface area contributed by atoms with E-state index in [0.717, 1.165) is 11.4 Å². The number of allylic oxidation sites excluding steroid dienone is 4. The van der Waals surface area contributed by atoms with Crippen molar-refractivity contribution in [1.29, 1.82) is 0 Å².